The standard InChI is InChI=1S/C16H13BrF3N3OS/c1-3-25(24)13-6-9(17)4-5-10(13)15-22-11-7-14(16(18,19)20)21-8-12(11)23(15)2/h4-8H,3H2,1-2H3. The quantitative estimate of drug-likeness (QED) is 0.571. The predicted molar refractivity (Wildman–Crippen MR) is 93.6 cm³/mol. The zero-order valence-corrected chi connectivity index (χ0v) is 15.7. The van der Waals surface area contributed by atoms with Crippen molar-refractivity contribution in [1.29, 1.82) is 0 Å². The first-order chi connectivity index (χ1) is 11.7. The topological polar surface area (TPSA) is 53.8 Å². The molecule has 0 aliphatic rings. The van der Waals surface area contributed by atoms with Crippen molar-refractivity contribution in [1.82, 2.24) is 14.5 Å². The van der Waals surface area contributed by atoms with Gasteiger partial charge in [-0.15, -0.1) is 0 Å². The lowest BCUT2D eigenvalue weighted by atomic mass is 10.2. The highest BCUT2D eigenvalue weighted by Crippen LogP contribution is 2.34. The number of fused-ring (bicyclic) bond motifs is 1. The highest BCUT2D eigenvalue weighted by Gasteiger charge is 2.33. The van der Waals surface area contributed by atoms with Crippen LogP contribution >= 0.6 is 15.9 Å². The molecule has 3 aromatic rings. The van der Waals surface area contributed by atoms with Crippen LogP contribution in [0.15, 0.2) is 39.8 Å². The number of hydrogen-bond donors (Lipinski definition) is 0. The second kappa shape index (κ2) is 6.62. The van der Waals surface area contributed by atoms with E-state index < -0.39 is 23.0 Å². The van der Waals surface area contributed by atoms with Gasteiger partial charge in [0.1, 0.15) is 17.3 Å². The Balaban J connectivity index is 2.22. The summed E-state index contributed by atoms with van der Waals surface area (Å²) in [5.74, 6) is 0.869. The van der Waals surface area contributed by atoms with E-state index in [1.807, 2.05) is 0 Å². The van der Waals surface area contributed by atoms with Gasteiger partial charge in [-0.3, -0.25) is 0 Å². The molecule has 0 fully saturated rings. The number of aromatic nitrogens is 3. The molecular formula is C16H13BrF3N3OS. The zero-order chi connectivity index (χ0) is 18.4. The molecule has 1 aromatic carbocycles. The third-order valence-electron chi connectivity index (χ3n) is 3.75. The van der Waals surface area contributed by atoms with Crippen LogP contribution in [0.1, 0.15) is 12.6 Å². The van der Waals surface area contributed by atoms with Crippen molar-refractivity contribution in [3.63, 3.8) is 0 Å². The molecule has 132 valence electrons. The average molecular weight is 432 g/mol. The summed E-state index contributed by atoms with van der Waals surface area (Å²) in [5, 5.41) is 0. The number of benzene rings is 1. The number of hydrogen-bond acceptors (Lipinski definition) is 3. The van der Waals surface area contributed by atoms with E-state index in [2.05, 4.69) is 25.9 Å². The lowest BCUT2D eigenvalue weighted by Gasteiger charge is -2.13. The minimum atomic E-state index is -4.53. The monoisotopic (exact) mass is 431 g/mol. The molecule has 3 rings (SSSR count). The molecular weight excluding hydrogens is 419 g/mol. The van der Waals surface area contributed by atoms with Crippen molar-refractivity contribution in [3.05, 3.63) is 40.6 Å². The molecule has 9 heteroatoms. The molecule has 0 amide bonds. The first-order valence-corrected chi connectivity index (χ1v) is 9.41. The number of rotatable bonds is 3. The largest absolute Gasteiger partial charge is 0.611 e. The summed E-state index contributed by atoms with van der Waals surface area (Å²) in [6.45, 7) is 1.80. The van der Waals surface area contributed by atoms with Gasteiger partial charge in [0, 0.05) is 17.6 Å². The molecule has 4 nitrogen and oxygen atoms in total. The van der Waals surface area contributed by atoms with E-state index in [9.17, 15) is 17.7 Å². The van der Waals surface area contributed by atoms with E-state index in [1.54, 1.807) is 36.7 Å². The molecule has 0 spiro atoms. The second-order valence-electron chi connectivity index (χ2n) is 5.33. The lowest BCUT2D eigenvalue weighted by molar-refractivity contribution is -0.141. The fourth-order valence-corrected chi connectivity index (χ4v) is 4.00. The van der Waals surface area contributed by atoms with Crippen molar-refractivity contribution in [2.45, 2.75) is 18.0 Å². The Morgan fingerprint density at radius 3 is 2.64 bits per heavy atom. The number of halogens is 4. The Morgan fingerprint density at radius 1 is 1.28 bits per heavy atom. The maximum atomic E-state index is 12.9. The number of nitrogens with zero attached hydrogens (tertiary/aromatic N) is 3. The van der Waals surface area contributed by atoms with Crippen LogP contribution in [0.25, 0.3) is 22.4 Å². The smallest absolute Gasteiger partial charge is 0.433 e. The zero-order valence-electron chi connectivity index (χ0n) is 13.3. The molecule has 0 saturated heterocycles. The van der Waals surface area contributed by atoms with Crippen molar-refractivity contribution in [2.75, 3.05) is 5.75 Å². The Bertz CT molecular complexity index is 942. The van der Waals surface area contributed by atoms with Gasteiger partial charge >= 0.3 is 6.18 Å². The third-order valence-corrected chi connectivity index (χ3v) is 5.60. The van der Waals surface area contributed by atoms with Crippen LogP contribution in [0, 0.1) is 0 Å². The van der Waals surface area contributed by atoms with Gasteiger partial charge in [0.15, 0.2) is 4.90 Å². The Hall–Kier alpha value is -1.58. The molecule has 2 heterocycles. The van der Waals surface area contributed by atoms with Gasteiger partial charge in [0.05, 0.1) is 22.8 Å². The summed E-state index contributed by atoms with van der Waals surface area (Å²) in [7, 11) is 1.69. The van der Waals surface area contributed by atoms with E-state index in [4.69, 9.17) is 0 Å². The van der Waals surface area contributed by atoms with Gasteiger partial charge in [-0.2, -0.15) is 13.2 Å². The highest BCUT2D eigenvalue weighted by molar-refractivity contribution is 9.10. The molecule has 25 heavy (non-hydrogen) atoms. The molecule has 0 N–H and O–H groups in total. The minimum Gasteiger partial charge on any atom is -0.611 e. The van der Waals surface area contributed by atoms with Crippen LogP contribution in [0.3, 0.4) is 0 Å². The molecule has 0 saturated carbocycles. The molecule has 0 aliphatic heterocycles. The molecule has 0 aliphatic carbocycles. The fraction of sp³-hybridized carbons (Fsp3) is 0.250. The van der Waals surface area contributed by atoms with Crippen LogP contribution in [0.4, 0.5) is 13.2 Å². The number of imidazole rings is 1. The summed E-state index contributed by atoms with van der Waals surface area (Å²) in [4.78, 5) is 8.40. The van der Waals surface area contributed by atoms with Crippen molar-refractivity contribution in [3.8, 4) is 11.4 Å². The normalized spacial score (nSPS) is 13.4. The first kappa shape index (κ1) is 18.2. The third kappa shape index (κ3) is 3.40. The van der Waals surface area contributed by atoms with Crippen molar-refractivity contribution < 1.29 is 17.7 Å². The van der Waals surface area contributed by atoms with Crippen LogP contribution in [-0.2, 0) is 24.4 Å². The van der Waals surface area contributed by atoms with E-state index in [0.717, 1.165) is 16.7 Å². The van der Waals surface area contributed by atoms with Gasteiger partial charge in [0.2, 0.25) is 0 Å². The lowest BCUT2D eigenvalue weighted by Crippen LogP contribution is -2.07. The average Bonchev–Trinajstić information content (AvgIpc) is 2.89. The minimum absolute atomic E-state index is 0.191. The summed E-state index contributed by atoms with van der Waals surface area (Å²) in [6.07, 6.45) is -3.37. The van der Waals surface area contributed by atoms with Gasteiger partial charge in [-0.25, -0.2) is 9.97 Å². The van der Waals surface area contributed by atoms with Gasteiger partial charge in [0.25, 0.3) is 0 Å². The van der Waals surface area contributed by atoms with E-state index >= 15 is 0 Å². The summed E-state index contributed by atoms with van der Waals surface area (Å²) in [5.41, 5.74) is 0.295. The Morgan fingerprint density at radius 2 is 2.00 bits per heavy atom. The van der Waals surface area contributed by atoms with Crippen molar-refractivity contribution in [2.24, 2.45) is 7.05 Å². The highest BCUT2D eigenvalue weighted by atomic mass is 79.9. The first-order valence-electron chi connectivity index (χ1n) is 7.30. The fourth-order valence-electron chi connectivity index (χ4n) is 2.51. The Kier molecular flexibility index (Phi) is 4.82. The summed E-state index contributed by atoms with van der Waals surface area (Å²) in [6, 6.07) is 6.21. The number of pyridine rings is 1. The van der Waals surface area contributed by atoms with E-state index in [-0.39, 0.29) is 5.52 Å². The maximum Gasteiger partial charge on any atom is 0.433 e. The van der Waals surface area contributed by atoms with Gasteiger partial charge in [-0.1, -0.05) is 15.9 Å². The van der Waals surface area contributed by atoms with E-state index in [1.165, 1.54) is 0 Å². The van der Waals surface area contributed by atoms with Gasteiger partial charge in [-0.05, 0) is 36.3 Å². The predicted octanol–water partition coefficient (Wildman–Crippen LogP) is 4.54. The molecule has 0 radical (unpaired) electrons. The SMILES string of the molecule is CC[S+]([O-])c1cc(Br)ccc1-c1nc2cc(C(F)(F)F)ncc2n1C. The molecule has 1 atom stereocenters. The maximum absolute atomic E-state index is 12.9. The molecule has 0 bridgehead atoms. The van der Waals surface area contributed by atoms with E-state index in [0.29, 0.717) is 27.6 Å². The van der Waals surface area contributed by atoms with Crippen LogP contribution in [-0.4, -0.2) is 24.8 Å². The molecule has 1 unspecified atom stereocenters. The Labute approximate surface area is 153 Å². The van der Waals surface area contributed by atoms with Crippen LogP contribution in [0.2, 0.25) is 0 Å². The van der Waals surface area contributed by atoms with Crippen LogP contribution in [0.5, 0.6) is 0 Å². The summed E-state index contributed by atoms with van der Waals surface area (Å²) >= 11 is 2.11. The number of aryl methyl sites for hydroxylation is 1. The summed E-state index contributed by atoms with van der Waals surface area (Å²) < 4.78 is 53.4. The van der Waals surface area contributed by atoms with Crippen molar-refractivity contribution >= 4 is 38.1 Å². The van der Waals surface area contributed by atoms with Gasteiger partial charge < -0.3 is 9.12 Å². The molecule has 2 aromatic heterocycles. The number of alkyl halides is 3. The second-order valence-corrected chi connectivity index (χ2v) is 7.95. The van der Waals surface area contributed by atoms with Crippen LogP contribution < -0.4 is 0 Å².